The van der Waals surface area contributed by atoms with Gasteiger partial charge in [0.25, 0.3) is 5.91 Å². The molecule has 0 aliphatic carbocycles. The SMILES string of the molecule is CCOC(=O)c1c(NC(=O)c2ccc(OC)cc2OC)sc2c1CC(C)(C)NC2(C)C. The van der Waals surface area contributed by atoms with Gasteiger partial charge in [-0.15, -0.1) is 11.3 Å². The van der Waals surface area contributed by atoms with Gasteiger partial charge in [0.2, 0.25) is 0 Å². The maximum Gasteiger partial charge on any atom is 0.341 e. The van der Waals surface area contributed by atoms with Crippen LogP contribution in [0.5, 0.6) is 11.5 Å². The van der Waals surface area contributed by atoms with E-state index in [0.29, 0.717) is 34.0 Å². The molecule has 3 rings (SSSR count). The molecule has 1 aliphatic heterocycles. The number of nitrogens with one attached hydrogen (secondary N) is 2. The van der Waals surface area contributed by atoms with E-state index >= 15 is 0 Å². The maximum absolute atomic E-state index is 13.1. The zero-order valence-corrected chi connectivity index (χ0v) is 19.9. The highest BCUT2D eigenvalue weighted by Crippen LogP contribution is 2.45. The zero-order chi connectivity index (χ0) is 23.0. The Morgan fingerprint density at radius 3 is 2.48 bits per heavy atom. The van der Waals surface area contributed by atoms with E-state index in [9.17, 15) is 9.59 Å². The predicted octanol–water partition coefficient (Wildman–Crippen LogP) is 4.35. The fourth-order valence-electron chi connectivity index (χ4n) is 4.19. The van der Waals surface area contributed by atoms with Gasteiger partial charge in [0.15, 0.2) is 0 Å². The van der Waals surface area contributed by atoms with E-state index in [4.69, 9.17) is 14.2 Å². The van der Waals surface area contributed by atoms with Crippen LogP contribution in [0.25, 0.3) is 0 Å². The minimum atomic E-state index is -0.425. The van der Waals surface area contributed by atoms with Crippen LogP contribution in [0.1, 0.15) is 65.8 Å². The molecule has 0 unspecified atom stereocenters. The second-order valence-corrected chi connectivity index (χ2v) is 9.69. The first-order chi connectivity index (χ1) is 14.5. The van der Waals surface area contributed by atoms with Gasteiger partial charge in [-0.2, -0.15) is 0 Å². The molecule has 0 spiro atoms. The maximum atomic E-state index is 13.1. The lowest BCUT2D eigenvalue weighted by Gasteiger charge is -2.42. The minimum absolute atomic E-state index is 0.209. The Bertz CT molecular complexity index is 1010. The van der Waals surface area contributed by atoms with E-state index in [1.807, 2.05) is 0 Å². The first kappa shape index (κ1) is 23.1. The number of ether oxygens (including phenoxy) is 3. The van der Waals surface area contributed by atoms with Gasteiger partial charge < -0.3 is 24.8 Å². The molecule has 0 atom stereocenters. The van der Waals surface area contributed by atoms with Crippen LogP contribution in [-0.4, -0.2) is 38.2 Å². The van der Waals surface area contributed by atoms with Crippen molar-refractivity contribution in [1.29, 1.82) is 0 Å². The molecule has 1 aromatic carbocycles. The van der Waals surface area contributed by atoms with Gasteiger partial charge >= 0.3 is 5.97 Å². The highest BCUT2D eigenvalue weighted by atomic mass is 32.1. The summed E-state index contributed by atoms with van der Waals surface area (Å²) in [5.74, 6) is 0.181. The van der Waals surface area contributed by atoms with Crippen LogP contribution in [0.4, 0.5) is 5.00 Å². The standard InChI is InChI=1S/C23H30N2O5S/c1-8-30-21(27)17-15-12-22(2,3)25-23(4,5)18(15)31-20(17)24-19(26)14-10-9-13(28-6)11-16(14)29-7/h9-11,25H,8,12H2,1-7H3,(H,24,26). The summed E-state index contributed by atoms with van der Waals surface area (Å²) in [6.07, 6.45) is 0.651. The molecule has 2 N–H and O–H groups in total. The van der Waals surface area contributed by atoms with Gasteiger partial charge in [-0.3, -0.25) is 4.79 Å². The predicted molar refractivity (Wildman–Crippen MR) is 122 cm³/mol. The largest absolute Gasteiger partial charge is 0.497 e. The summed E-state index contributed by atoms with van der Waals surface area (Å²) in [6, 6.07) is 4.98. The topological polar surface area (TPSA) is 85.9 Å². The smallest absolute Gasteiger partial charge is 0.341 e. The molecule has 0 saturated carbocycles. The first-order valence-corrected chi connectivity index (χ1v) is 11.0. The Morgan fingerprint density at radius 2 is 1.87 bits per heavy atom. The number of anilines is 1. The summed E-state index contributed by atoms with van der Waals surface area (Å²) in [6.45, 7) is 10.4. The van der Waals surface area contributed by atoms with Crippen LogP contribution < -0.4 is 20.1 Å². The number of esters is 1. The van der Waals surface area contributed by atoms with Crippen molar-refractivity contribution < 1.29 is 23.8 Å². The number of carbonyl (C=O) groups excluding carboxylic acids is 2. The third-order valence-electron chi connectivity index (χ3n) is 5.20. The number of methoxy groups -OCH3 is 2. The number of benzene rings is 1. The highest BCUT2D eigenvalue weighted by Gasteiger charge is 2.42. The fourth-order valence-corrected chi connectivity index (χ4v) is 5.45. The molecule has 8 heteroatoms. The van der Waals surface area contributed by atoms with Crippen LogP contribution in [-0.2, 0) is 16.7 Å². The van der Waals surface area contributed by atoms with Crippen LogP contribution in [0.2, 0.25) is 0 Å². The van der Waals surface area contributed by atoms with Gasteiger partial charge in [-0.1, -0.05) is 0 Å². The monoisotopic (exact) mass is 446 g/mol. The van der Waals surface area contributed by atoms with Gasteiger partial charge in [0, 0.05) is 22.0 Å². The lowest BCUT2D eigenvalue weighted by atomic mass is 9.81. The summed E-state index contributed by atoms with van der Waals surface area (Å²) in [5, 5.41) is 7.04. The van der Waals surface area contributed by atoms with Gasteiger partial charge in [0.05, 0.1) is 32.0 Å². The Morgan fingerprint density at radius 1 is 1.16 bits per heavy atom. The number of amides is 1. The summed E-state index contributed by atoms with van der Waals surface area (Å²) in [7, 11) is 3.04. The molecule has 31 heavy (non-hydrogen) atoms. The lowest BCUT2D eigenvalue weighted by molar-refractivity contribution is 0.0525. The molecular formula is C23H30N2O5S. The molecule has 7 nitrogen and oxygen atoms in total. The molecule has 1 aliphatic rings. The average molecular weight is 447 g/mol. The Kier molecular flexibility index (Phi) is 6.34. The van der Waals surface area contributed by atoms with Crippen LogP contribution in [0.15, 0.2) is 18.2 Å². The van der Waals surface area contributed by atoms with Crippen LogP contribution in [0.3, 0.4) is 0 Å². The highest BCUT2D eigenvalue weighted by molar-refractivity contribution is 7.17. The van der Waals surface area contributed by atoms with Gasteiger partial charge in [-0.05, 0) is 58.7 Å². The quantitative estimate of drug-likeness (QED) is 0.642. The molecule has 0 bridgehead atoms. The summed E-state index contributed by atoms with van der Waals surface area (Å²) < 4.78 is 15.9. The molecule has 168 valence electrons. The van der Waals surface area contributed by atoms with E-state index < -0.39 is 5.97 Å². The summed E-state index contributed by atoms with van der Waals surface area (Å²) in [5.41, 5.74) is 1.14. The minimum Gasteiger partial charge on any atom is -0.497 e. The van der Waals surface area contributed by atoms with Gasteiger partial charge in [-0.25, -0.2) is 4.79 Å². The molecule has 1 amide bonds. The Balaban J connectivity index is 2.07. The van der Waals surface area contributed by atoms with Crippen LogP contribution >= 0.6 is 11.3 Å². The molecule has 2 aromatic rings. The van der Waals surface area contributed by atoms with E-state index in [0.717, 1.165) is 10.4 Å². The van der Waals surface area contributed by atoms with Crippen molar-refractivity contribution in [3.63, 3.8) is 0 Å². The number of carbonyl (C=O) groups is 2. The summed E-state index contributed by atoms with van der Waals surface area (Å²) >= 11 is 1.41. The Hall–Kier alpha value is -2.58. The zero-order valence-electron chi connectivity index (χ0n) is 19.1. The first-order valence-electron chi connectivity index (χ1n) is 10.2. The van der Waals surface area contributed by atoms with E-state index in [1.54, 1.807) is 32.2 Å². The molecule has 0 radical (unpaired) electrons. The Labute approximate surface area is 187 Å². The normalized spacial score (nSPS) is 16.2. The van der Waals surface area contributed by atoms with Crippen molar-refractivity contribution in [2.75, 3.05) is 26.1 Å². The number of thiophene rings is 1. The second-order valence-electron chi connectivity index (χ2n) is 8.67. The molecule has 2 heterocycles. The third kappa shape index (κ3) is 4.55. The van der Waals surface area contributed by atoms with Crippen molar-refractivity contribution in [3.05, 3.63) is 39.8 Å². The number of hydrogen-bond acceptors (Lipinski definition) is 7. The van der Waals surface area contributed by atoms with Crippen molar-refractivity contribution in [2.45, 2.75) is 52.1 Å². The average Bonchev–Trinajstić information content (AvgIpc) is 3.04. The number of hydrogen-bond donors (Lipinski definition) is 2. The summed E-state index contributed by atoms with van der Waals surface area (Å²) in [4.78, 5) is 27.1. The molecular weight excluding hydrogens is 416 g/mol. The van der Waals surface area contributed by atoms with E-state index in [-0.39, 0.29) is 23.6 Å². The van der Waals surface area contributed by atoms with Gasteiger partial charge in [0.1, 0.15) is 16.5 Å². The van der Waals surface area contributed by atoms with Crippen LogP contribution in [0, 0.1) is 0 Å². The lowest BCUT2D eigenvalue weighted by Crippen LogP contribution is -2.55. The number of fused-ring (bicyclic) bond motifs is 1. The van der Waals surface area contributed by atoms with Crippen molar-refractivity contribution >= 4 is 28.2 Å². The molecule has 0 fully saturated rings. The van der Waals surface area contributed by atoms with E-state index in [1.165, 1.54) is 18.4 Å². The van der Waals surface area contributed by atoms with E-state index in [2.05, 4.69) is 38.3 Å². The fraction of sp³-hybridized carbons (Fsp3) is 0.478. The number of rotatable bonds is 6. The third-order valence-corrected chi connectivity index (χ3v) is 6.68. The molecule has 1 aromatic heterocycles. The van der Waals surface area contributed by atoms with Crippen molar-refractivity contribution in [3.8, 4) is 11.5 Å². The molecule has 0 saturated heterocycles. The van der Waals surface area contributed by atoms with Crippen molar-refractivity contribution in [1.82, 2.24) is 5.32 Å². The van der Waals surface area contributed by atoms with Crippen molar-refractivity contribution in [2.24, 2.45) is 0 Å². The second kappa shape index (κ2) is 8.51.